The zero-order chi connectivity index (χ0) is 27.1. The fourth-order valence-corrected chi connectivity index (χ4v) is 4.00. The number of esters is 1. The van der Waals surface area contributed by atoms with E-state index < -0.39 is 5.82 Å². The Morgan fingerprint density at radius 3 is 2.42 bits per heavy atom. The maximum atomic E-state index is 14.0. The molecular weight excluding hydrogens is 485 g/mol. The minimum Gasteiger partial charge on any atom is -0.469 e. The van der Waals surface area contributed by atoms with Crippen molar-refractivity contribution in [2.75, 3.05) is 12.4 Å². The summed E-state index contributed by atoms with van der Waals surface area (Å²) in [5.74, 6) is -1.44. The van der Waals surface area contributed by atoms with Crippen LogP contribution in [0.4, 0.5) is 10.1 Å². The molecule has 0 saturated heterocycles. The number of nitrogens with one attached hydrogen (secondary N) is 1. The molecule has 0 saturated carbocycles. The summed E-state index contributed by atoms with van der Waals surface area (Å²) in [4.78, 5) is 41.0. The van der Waals surface area contributed by atoms with Crippen LogP contribution in [0.15, 0.2) is 85.2 Å². The van der Waals surface area contributed by atoms with Crippen molar-refractivity contribution in [3.8, 4) is 11.1 Å². The molecule has 0 aliphatic rings. The number of ketones is 1. The Kier molecular flexibility index (Phi) is 8.35. The molecule has 4 aromatic rings. The van der Waals surface area contributed by atoms with E-state index >= 15 is 0 Å². The van der Waals surface area contributed by atoms with Crippen molar-refractivity contribution in [1.29, 1.82) is 0 Å². The lowest BCUT2D eigenvalue weighted by Gasteiger charge is -2.13. The van der Waals surface area contributed by atoms with Gasteiger partial charge in [0.15, 0.2) is 5.78 Å². The topological polar surface area (TPSA) is 111 Å². The van der Waals surface area contributed by atoms with E-state index in [4.69, 9.17) is 5.73 Å². The lowest BCUT2D eigenvalue weighted by molar-refractivity contribution is -0.139. The minimum absolute atomic E-state index is 0.101. The van der Waals surface area contributed by atoms with Gasteiger partial charge in [-0.25, -0.2) is 4.39 Å². The lowest BCUT2D eigenvalue weighted by Crippen LogP contribution is -2.12. The lowest BCUT2D eigenvalue weighted by atomic mass is 9.93. The van der Waals surface area contributed by atoms with E-state index in [9.17, 15) is 18.8 Å². The van der Waals surface area contributed by atoms with E-state index in [1.165, 1.54) is 19.4 Å². The molecule has 192 valence electrons. The smallest absolute Gasteiger partial charge is 0.309 e. The summed E-state index contributed by atoms with van der Waals surface area (Å²) in [5.41, 5.74) is 10.6. The monoisotopic (exact) mass is 511 g/mol. The number of rotatable bonds is 9. The van der Waals surface area contributed by atoms with Gasteiger partial charge in [-0.05, 0) is 64.2 Å². The summed E-state index contributed by atoms with van der Waals surface area (Å²) in [6.45, 7) is 0.233. The Hall–Kier alpha value is -4.69. The number of nitrogens with zero attached hydrogens (tertiary/aromatic N) is 1. The number of benzene rings is 3. The molecule has 7 nitrogen and oxygen atoms in total. The number of carbonyl (C=O) groups is 3. The minimum atomic E-state index is -0.531. The van der Waals surface area contributed by atoms with E-state index in [1.807, 2.05) is 6.07 Å². The van der Waals surface area contributed by atoms with Gasteiger partial charge in [0.1, 0.15) is 5.82 Å². The molecule has 0 aliphatic heterocycles. The van der Waals surface area contributed by atoms with E-state index in [0.29, 0.717) is 16.8 Å². The van der Waals surface area contributed by atoms with Crippen LogP contribution in [-0.2, 0) is 28.9 Å². The second-order valence-corrected chi connectivity index (χ2v) is 8.63. The highest BCUT2D eigenvalue weighted by atomic mass is 19.1. The molecule has 3 aromatic carbocycles. The second-order valence-electron chi connectivity index (χ2n) is 8.63. The molecule has 1 aromatic heterocycles. The number of nitrogens with two attached hydrogens (primary N) is 1. The number of carbonyl (C=O) groups excluding carboxylic acids is 3. The molecule has 3 N–H and O–H groups in total. The summed E-state index contributed by atoms with van der Waals surface area (Å²) in [5, 5.41) is 2.85. The Morgan fingerprint density at radius 2 is 1.71 bits per heavy atom. The van der Waals surface area contributed by atoms with Crippen molar-refractivity contribution in [3.05, 3.63) is 119 Å². The third kappa shape index (κ3) is 6.35. The van der Waals surface area contributed by atoms with Crippen LogP contribution in [0.1, 0.15) is 37.4 Å². The average Bonchev–Trinajstić information content (AvgIpc) is 2.94. The fourth-order valence-electron chi connectivity index (χ4n) is 4.00. The summed E-state index contributed by atoms with van der Waals surface area (Å²) in [6.07, 6.45) is 2.58. The van der Waals surface area contributed by atoms with Crippen LogP contribution in [0.5, 0.6) is 0 Å². The third-order valence-electron chi connectivity index (χ3n) is 6.08. The summed E-state index contributed by atoms with van der Waals surface area (Å²) < 4.78 is 18.7. The predicted molar refractivity (Wildman–Crippen MR) is 142 cm³/mol. The maximum Gasteiger partial charge on any atom is 0.309 e. The number of aromatic nitrogens is 1. The largest absolute Gasteiger partial charge is 0.469 e. The van der Waals surface area contributed by atoms with E-state index in [1.54, 1.807) is 60.7 Å². The number of amides is 1. The Morgan fingerprint density at radius 1 is 0.921 bits per heavy atom. The second kappa shape index (κ2) is 12.0. The van der Waals surface area contributed by atoms with Crippen LogP contribution in [0.3, 0.4) is 0 Å². The molecule has 0 radical (unpaired) electrons. The molecule has 0 aliphatic carbocycles. The molecule has 1 heterocycles. The first-order valence-electron chi connectivity index (χ1n) is 11.9. The maximum absolute atomic E-state index is 14.0. The Balaban J connectivity index is 1.55. The van der Waals surface area contributed by atoms with Gasteiger partial charge in [0.05, 0.1) is 19.7 Å². The first-order valence-corrected chi connectivity index (χ1v) is 11.9. The van der Waals surface area contributed by atoms with Crippen LogP contribution in [0.25, 0.3) is 11.1 Å². The van der Waals surface area contributed by atoms with Crippen molar-refractivity contribution in [1.82, 2.24) is 4.98 Å². The highest BCUT2D eigenvalue weighted by Gasteiger charge is 2.15. The fraction of sp³-hybridized carbons (Fsp3) is 0.133. The number of halogens is 1. The normalized spacial score (nSPS) is 10.6. The molecule has 4 rings (SSSR count). The van der Waals surface area contributed by atoms with Gasteiger partial charge in [0, 0.05) is 36.0 Å². The number of Topliss-reactive ketones (excluding diaryl/α,β-unsaturated/α-hetero) is 1. The summed E-state index contributed by atoms with van der Waals surface area (Å²) in [6, 6.07) is 20.6. The zero-order valence-electron chi connectivity index (χ0n) is 20.7. The molecule has 0 atom stereocenters. The number of pyridine rings is 1. The van der Waals surface area contributed by atoms with Crippen LogP contribution >= 0.6 is 0 Å². The van der Waals surface area contributed by atoms with Gasteiger partial charge in [-0.15, -0.1) is 0 Å². The number of ether oxygens (including phenoxy) is 1. The summed E-state index contributed by atoms with van der Waals surface area (Å²) >= 11 is 0. The molecule has 38 heavy (non-hydrogen) atoms. The molecule has 0 bridgehead atoms. The van der Waals surface area contributed by atoms with Gasteiger partial charge < -0.3 is 15.8 Å². The molecule has 1 amide bonds. The highest BCUT2D eigenvalue weighted by molar-refractivity contribution is 6.05. The number of hydrogen-bond donors (Lipinski definition) is 2. The molecule has 0 spiro atoms. The highest BCUT2D eigenvalue weighted by Crippen LogP contribution is 2.27. The van der Waals surface area contributed by atoms with Gasteiger partial charge in [-0.2, -0.15) is 0 Å². The van der Waals surface area contributed by atoms with Gasteiger partial charge in [-0.1, -0.05) is 36.4 Å². The van der Waals surface area contributed by atoms with Crippen LogP contribution < -0.4 is 11.1 Å². The molecule has 0 fully saturated rings. The molecule has 8 heteroatoms. The first-order chi connectivity index (χ1) is 18.4. The molecular formula is C30H26FN3O4. The standard InChI is InChI=1S/C30H26FN3O4/c1-38-29(36)13-19-5-9-25(10-6-19)34-30(37)23-4-2-3-20(14-23)26-15-22(7-8-24(26)17-32)28(35)16-21-11-12-33-18-27(21)31/h2-12,14-15,18H,13,16-17,32H2,1H3,(H,34,37). The SMILES string of the molecule is COC(=O)Cc1ccc(NC(=O)c2cccc(-c3cc(C(=O)Cc4ccncc4F)ccc3CN)c2)cc1. The predicted octanol–water partition coefficient (Wildman–Crippen LogP) is 4.74. The van der Waals surface area contributed by atoms with Crippen LogP contribution in [0.2, 0.25) is 0 Å². The van der Waals surface area contributed by atoms with E-state index in [2.05, 4.69) is 15.0 Å². The Bertz CT molecular complexity index is 1490. The van der Waals surface area contributed by atoms with E-state index in [-0.39, 0.29) is 42.6 Å². The van der Waals surface area contributed by atoms with Gasteiger partial charge in [-0.3, -0.25) is 19.4 Å². The zero-order valence-corrected chi connectivity index (χ0v) is 20.7. The van der Waals surface area contributed by atoms with Crippen molar-refractivity contribution >= 4 is 23.3 Å². The number of methoxy groups -OCH3 is 1. The van der Waals surface area contributed by atoms with Crippen molar-refractivity contribution in [3.63, 3.8) is 0 Å². The van der Waals surface area contributed by atoms with Crippen molar-refractivity contribution < 1.29 is 23.5 Å². The van der Waals surface area contributed by atoms with Gasteiger partial charge in [0.2, 0.25) is 0 Å². The van der Waals surface area contributed by atoms with Crippen molar-refractivity contribution in [2.24, 2.45) is 5.73 Å². The summed E-state index contributed by atoms with van der Waals surface area (Å²) in [7, 11) is 1.33. The van der Waals surface area contributed by atoms with Crippen LogP contribution in [0, 0.1) is 5.82 Å². The first kappa shape index (κ1) is 26.4. The van der Waals surface area contributed by atoms with Crippen molar-refractivity contribution in [2.45, 2.75) is 19.4 Å². The Labute approximate surface area is 219 Å². The van der Waals surface area contributed by atoms with Gasteiger partial charge in [0.25, 0.3) is 5.91 Å². The third-order valence-corrected chi connectivity index (χ3v) is 6.08. The van der Waals surface area contributed by atoms with Gasteiger partial charge >= 0.3 is 5.97 Å². The number of hydrogen-bond acceptors (Lipinski definition) is 6. The van der Waals surface area contributed by atoms with Crippen LogP contribution in [-0.4, -0.2) is 29.8 Å². The number of anilines is 1. The molecule has 0 unspecified atom stereocenters. The van der Waals surface area contributed by atoms with E-state index in [0.717, 1.165) is 28.5 Å². The quantitative estimate of drug-likeness (QED) is 0.248. The average molecular weight is 512 g/mol.